The van der Waals surface area contributed by atoms with E-state index in [1.807, 2.05) is 24.3 Å². The highest BCUT2D eigenvalue weighted by Crippen LogP contribution is 2.16. The van der Waals surface area contributed by atoms with Gasteiger partial charge in [-0.1, -0.05) is 12.1 Å². The number of benzene rings is 1. The lowest BCUT2D eigenvalue weighted by atomic mass is 10.2. The first-order valence-corrected chi connectivity index (χ1v) is 5.17. The Bertz CT molecular complexity index is 526. The van der Waals surface area contributed by atoms with Crippen LogP contribution in [0.2, 0.25) is 0 Å². The minimum absolute atomic E-state index is 0.302. The van der Waals surface area contributed by atoms with Gasteiger partial charge in [0.05, 0.1) is 0 Å². The Kier molecular flexibility index (Phi) is 3.35. The van der Waals surface area contributed by atoms with Crippen molar-refractivity contribution in [1.82, 2.24) is 4.98 Å². The summed E-state index contributed by atoms with van der Waals surface area (Å²) in [7, 11) is 0. The molecule has 4 nitrogen and oxygen atoms in total. The molecule has 0 spiro atoms. The molecular formula is C13H12N2O2. The van der Waals surface area contributed by atoms with Crippen LogP contribution in [-0.4, -0.2) is 11.3 Å². The number of nitrogens with two attached hydrogens (primary N) is 1. The predicted octanol–water partition coefficient (Wildman–Crippen LogP) is 2.06. The summed E-state index contributed by atoms with van der Waals surface area (Å²) in [6, 6.07) is 10.8. The zero-order valence-electron chi connectivity index (χ0n) is 9.17. The molecule has 0 saturated carbocycles. The number of hydrogen-bond acceptors (Lipinski definition) is 4. The molecule has 0 saturated heterocycles. The van der Waals surface area contributed by atoms with Crippen LogP contribution in [0, 0.1) is 0 Å². The fourth-order valence-electron chi connectivity index (χ4n) is 1.46. The molecule has 0 radical (unpaired) electrons. The maximum absolute atomic E-state index is 10.7. The van der Waals surface area contributed by atoms with Gasteiger partial charge in [-0.25, -0.2) is 4.98 Å². The molecule has 17 heavy (non-hydrogen) atoms. The molecule has 0 unspecified atom stereocenters. The van der Waals surface area contributed by atoms with Crippen LogP contribution in [0.5, 0.6) is 5.75 Å². The second kappa shape index (κ2) is 5.12. The van der Waals surface area contributed by atoms with Gasteiger partial charge < -0.3 is 10.5 Å². The summed E-state index contributed by atoms with van der Waals surface area (Å²) in [5, 5.41) is 0. The maximum Gasteiger partial charge on any atom is 0.172 e. The van der Waals surface area contributed by atoms with Crippen LogP contribution in [0.25, 0.3) is 0 Å². The number of pyridine rings is 1. The number of aldehydes is 1. The number of carbonyl (C=O) groups is 1. The fourth-order valence-corrected chi connectivity index (χ4v) is 1.46. The molecule has 0 amide bonds. The number of anilines is 1. The monoisotopic (exact) mass is 228 g/mol. The van der Waals surface area contributed by atoms with Crippen molar-refractivity contribution in [1.29, 1.82) is 0 Å². The Labute approximate surface area is 99.1 Å². The second-order valence-electron chi connectivity index (χ2n) is 3.54. The summed E-state index contributed by atoms with van der Waals surface area (Å²) in [5.41, 5.74) is 7.60. The quantitative estimate of drug-likeness (QED) is 0.642. The Morgan fingerprint density at radius 2 is 2.18 bits per heavy atom. The van der Waals surface area contributed by atoms with E-state index in [0.717, 1.165) is 5.56 Å². The molecule has 1 heterocycles. The molecular weight excluding hydrogens is 216 g/mol. The summed E-state index contributed by atoms with van der Waals surface area (Å²) in [4.78, 5) is 14.6. The molecule has 1 aromatic carbocycles. The van der Waals surface area contributed by atoms with Gasteiger partial charge in [0, 0.05) is 11.9 Å². The smallest absolute Gasteiger partial charge is 0.172 e. The third kappa shape index (κ3) is 2.81. The van der Waals surface area contributed by atoms with Crippen molar-refractivity contribution in [2.45, 2.75) is 6.61 Å². The van der Waals surface area contributed by atoms with Crippen LogP contribution in [0.3, 0.4) is 0 Å². The van der Waals surface area contributed by atoms with Crippen LogP contribution in [0.1, 0.15) is 16.1 Å². The highest BCUT2D eigenvalue weighted by molar-refractivity contribution is 5.75. The molecule has 0 fully saturated rings. The average Bonchev–Trinajstić information content (AvgIpc) is 2.37. The van der Waals surface area contributed by atoms with E-state index in [-0.39, 0.29) is 0 Å². The lowest BCUT2D eigenvalue weighted by molar-refractivity contribution is 0.111. The van der Waals surface area contributed by atoms with Gasteiger partial charge in [0.15, 0.2) is 6.29 Å². The summed E-state index contributed by atoms with van der Waals surface area (Å²) < 4.78 is 5.52. The largest absolute Gasteiger partial charge is 0.487 e. The summed E-state index contributed by atoms with van der Waals surface area (Å²) >= 11 is 0. The van der Waals surface area contributed by atoms with E-state index in [1.165, 1.54) is 0 Å². The lowest BCUT2D eigenvalue weighted by Gasteiger charge is -2.07. The normalized spacial score (nSPS) is 9.88. The van der Waals surface area contributed by atoms with Crippen molar-refractivity contribution < 1.29 is 9.53 Å². The third-order valence-electron chi connectivity index (χ3n) is 2.26. The molecule has 1 aromatic heterocycles. The highest BCUT2D eigenvalue weighted by atomic mass is 16.5. The fraction of sp³-hybridized carbons (Fsp3) is 0.0769. The van der Waals surface area contributed by atoms with E-state index in [9.17, 15) is 4.79 Å². The number of aromatic nitrogens is 1. The minimum atomic E-state index is 0.302. The molecule has 0 aliphatic heterocycles. The molecule has 0 bridgehead atoms. The van der Waals surface area contributed by atoms with Crippen molar-refractivity contribution in [3.63, 3.8) is 0 Å². The Hall–Kier alpha value is -2.36. The van der Waals surface area contributed by atoms with Gasteiger partial charge in [0.1, 0.15) is 18.1 Å². The van der Waals surface area contributed by atoms with Crippen LogP contribution in [-0.2, 0) is 6.61 Å². The van der Waals surface area contributed by atoms with Crippen molar-refractivity contribution >= 4 is 12.0 Å². The van der Waals surface area contributed by atoms with E-state index in [4.69, 9.17) is 10.5 Å². The number of rotatable bonds is 4. The van der Waals surface area contributed by atoms with Crippen molar-refractivity contribution in [3.05, 3.63) is 53.9 Å². The van der Waals surface area contributed by atoms with Gasteiger partial charge in [0.2, 0.25) is 0 Å². The van der Waals surface area contributed by atoms with Crippen molar-refractivity contribution in [2.75, 3.05) is 5.73 Å². The first-order chi connectivity index (χ1) is 8.29. The standard InChI is InChI=1S/C13H12N2O2/c14-11-4-1-3-10(7-11)9-17-13-5-2-6-15-12(13)8-16/h1-8H,9,14H2. The zero-order valence-corrected chi connectivity index (χ0v) is 9.17. The minimum Gasteiger partial charge on any atom is -0.487 e. The second-order valence-corrected chi connectivity index (χ2v) is 3.54. The molecule has 0 atom stereocenters. The van der Waals surface area contributed by atoms with E-state index in [2.05, 4.69) is 4.98 Å². The maximum atomic E-state index is 10.7. The van der Waals surface area contributed by atoms with Gasteiger partial charge in [-0.05, 0) is 29.8 Å². The SMILES string of the molecule is Nc1cccc(COc2cccnc2C=O)c1. The number of nitrogens with zero attached hydrogens (tertiary/aromatic N) is 1. The number of nitrogen functional groups attached to an aromatic ring is 1. The number of ether oxygens (including phenoxy) is 1. The highest BCUT2D eigenvalue weighted by Gasteiger charge is 2.03. The van der Waals surface area contributed by atoms with Gasteiger partial charge in [-0.2, -0.15) is 0 Å². The van der Waals surface area contributed by atoms with E-state index < -0.39 is 0 Å². The molecule has 4 heteroatoms. The third-order valence-corrected chi connectivity index (χ3v) is 2.26. The molecule has 0 aliphatic carbocycles. The van der Waals surface area contributed by atoms with Crippen LogP contribution in [0.15, 0.2) is 42.6 Å². The molecule has 0 aliphatic rings. The number of carbonyl (C=O) groups excluding carboxylic acids is 1. The lowest BCUT2D eigenvalue weighted by Crippen LogP contribution is -2.00. The van der Waals surface area contributed by atoms with E-state index >= 15 is 0 Å². The van der Waals surface area contributed by atoms with Crippen LogP contribution < -0.4 is 10.5 Å². The first kappa shape index (κ1) is 11.1. The van der Waals surface area contributed by atoms with Crippen LogP contribution >= 0.6 is 0 Å². The van der Waals surface area contributed by atoms with Gasteiger partial charge >= 0.3 is 0 Å². The van der Waals surface area contributed by atoms with E-state index in [1.54, 1.807) is 18.3 Å². The molecule has 2 aromatic rings. The van der Waals surface area contributed by atoms with Gasteiger partial charge in [0.25, 0.3) is 0 Å². The van der Waals surface area contributed by atoms with Crippen molar-refractivity contribution in [3.8, 4) is 5.75 Å². The topological polar surface area (TPSA) is 65.2 Å². The Balaban J connectivity index is 2.09. The molecule has 86 valence electrons. The number of hydrogen-bond donors (Lipinski definition) is 1. The Morgan fingerprint density at radius 1 is 1.29 bits per heavy atom. The van der Waals surface area contributed by atoms with Gasteiger partial charge in [-0.3, -0.25) is 4.79 Å². The molecule has 2 N–H and O–H groups in total. The first-order valence-electron chi connectivity index (χ1n) is 5.17. The molecule has 2 rings (SSSR count). The van der Waals surface area contributed by atoms with Crippen molar-refractivity contribution in [2.24, 2.45) is 0 Å². The van der Waals surface area contributed by atoms with Crippen LogP contribution in [0.4, 0.5) is 5.69 Å². The summed E-state index contributed by atoms with van der Waals surface area (Å²) in [5.74, 6) is 0.477. The predicted molar refractivity (Wildman–Crippen MR) is 64.8 cm³/mol. The average molecular weight is 228 g/mol. The summed E-state index contributed by atoms with van der Waals surface area (Å²) in [6.07, 6.45) is 2.23. The Morgan fingerprint density at radius 3 is 2.94 bits per heavy atom. The van der Waals surface area contributed by atoms with Gasteiger partial charge in [-0.15, -0.1) is 0 Å². The van der Waals surface area contributed by atoms with E-state index in [0.29, 0.717) is 30.0 Å². The summed E-state index contributed by atoms with van der Waals surface area (Å²) in [6.45, 7) is 0.359. The zero-order chi connectivity index (χ0) is 12.1.